The van der Waals surface area contributed by atoms with Crippen molar-refractivity contribution in [3.05, 3.63) is 0 Å². The Hall–Kier alpha value is -0.160. The number of hydrogen-bond donors (Lipinski definition) is 1. The summed E-state index contributed by atoms with van der Waals surface area (Å²) in [4.78, 5) is 0. The molecule has 2 fully saturated rings. The molecule has 0 aliphatic carbocycles. The molecule has 3 unspecified atom stereocenters. The zero-order valence-corrected chi connectivity index (χ0v) is 10.7. The largest absolute Gasteiger partial charge is 0.394 e. The van der Waals surface area contributed by atoms with Crippen LogP contribution in [0.25, 0.3) is 0 Å². The summed E-state index contributed by atoms with van der Waals surface area (Å²) in [6.45, 7) is 9.22. The molecule has 16 heavy (non-hydrogen) atoms. The maximum atomic E-state index is 9.15. The van der Waals surface area contributed by atoms with Gasteiger partial charge in [-0.05, 0) is 20.3 Å². The summed E-state index contributed by atoms with van der Waals surface area (Å²) in [5.74, 6) is -0.177. The lowest BCUT2D eigenvalue weighted by Crippen LogP contribution is -2.55. The standard InChI is InChI=1S/C10H18O4.C2H6/c1-10(2)13-6-7-3-4-12-8(5-11)9(7)14-10;1-2/h7-9,11H,3-6H2,1-2H3;1-2H3. The van der Waals surface area contributed by atoms with E-state index in [0.717, 1.165) is 6.42 Å². The third-order valence-corrected chi connectivity index (χ3v) is 2.90. The number of ether oxygens (including phenoxy) is 3. The minimum atomic E-state index is -0.546. The molecule has 0 amide bonds. The van der Waals surface area contributed by atoms with Crippen molar-refractivity contribution in [2.24, 2.45) is 5.92 Å². The van der Waals surface area contributed by atoms with Gasteiger partial charge < -0.3 is 19.3 Å². The summed E-state index contributed by atoms with van der Waals surface area (Å²) in [5.41, 5.74) is 0. The van der Waals surface area contributed by atoms with Gasteiger partial charge in [-0.15, -0.1) is 0 Å². The number of aliphatic hydroxyl groups is 1. The minimum absolute atomic E-state index is 0.0162. The van der Waals surface area contributed by atoms with Crippen molar-refractivity contribution < 1.29 is 19.3 Å². The molecule has 0 saturated carbocycles. The third-order valence-electron chi connectivity index (χ3n) is 2.90. The predicted molar refractivity (Wildman–Crippen MR) is 61.2 cm³/mol. The Labute approximate surface area is 97.9 Å². The lowest BCUT2D eigenvalue weighted by Gasteiger charge is -2.46. The predicted octanol–water partition coefficient (Wildman–Crippen LogP) is 1.56. The Morgan fingerprint density at radius 3 is 2.62 bits per heavy atom. The zero-order valence-electron chi connectivity index (χ0n) is 10.7. The quantitative estimate of drug-likeness (QED) is 0.745. The molecule has 2 rings (SSSR count). The molecule has 2 aliphatic rings. The highest BCUT2D eigenvalue weighted by Crippen LogP contribution is 2.33. The van der Waals surface area contributed by atoms with E-state index in [9.17, 15) is 0 Å². The number of fused-ring (bicyclic) bond motifs is 1. The third kappa shape index (κ3) is 3.17. The SMILES string of the molecule is CC.CC1(C)OCC2CCOC(CO)C2O1. The Balaban J connectivity index is 0.000000606. The van der Waals surface area contributed by atoms with Crippen LogP contribution < -0.4 is 0 Å². The smallest absolute Gasteiger partial charge is 0.163 e. The van der Waals surface area contributed by atoms with E-state index in [1.807, 2.05) is 27.7 Å². The molecule has 4 heteroatoms. The fourth-order valence-corrected chi connectivity index (χ4v) is 2.11. The zero-order chi connectivity index (χ0) is 12.2. The average Bonchev–Trinajstić information content (AvgIpc) is 2.30. The molecule has 0 aromatic carbocycles. The van der Waals surface area contributed by atoms with E-state index in [1.165, 1.54) is 0 Å². The molecular formula is C12H24O4. The van der Waals surface area contributed by atoms with Crippen LogP contribution >= 0.6 is 0 Å². The van der Waals surface area contributed by atoms with E-state index in [1.54, 1.807) is 0 Å². The van der Waals surface area contributed by atoms with Crippen LogP contribution in [-0.4, -0.2) is 42.9 Å². The van der Waals surface area contributed by atoms with Gasteiger partial charge in [-0.2, -0.15) is 0 Å². The van der Waals surface area contributed by atoms with E-state index >= 15 is 0 Å². The summed E-state index contributed by atoms with van der Waals surface area (Å²) >= 11 is 0. The van der Waals surface area contributed by atoms with Crippen molar-refractivity contribution in [1.82, 2.24) is 0 Å². The van der Waals surface area contributed by atoms with Crippen molar-refractivity contribution in [1.29, 1.82) is 0 Å². The molecule has 2 aliphatic heterocycles. The summed E-state index contributed by atoms with van der Waals surface area (Å²) < 4.78 is 16.8. The molecule has 0 aromatic rings. The summed E-state index contributed by atoms with van der Waals surface area (Å²) in [6.07, 6.45) is 0.756. The van der Waals surface area contributed by atoms with Crippen LogP contribution in [0.2, 0.25) is 0 Å². The van der Waals surface area contributed by atoms with Crippen LogP contribution in [0, 0.1) is 5.92 Å². The highest BCUT2D eigenvalue weighted by Gasteiger charge is 2.43. The summed E-state index contributed by atoms with van der Waals surface area (Å²) in [5, 5.41) is 9.15. The topological polar surface area (TPSA) is 47.9 Å². The Kier molecular flexibility index (Phi) is 5.18. The molecule has 0 aromatic heterocycles. The van der Waals surface area contributed by atoms with Crippen molar-refractivity contribution in [3.63, 3.8) is 0 Å². The van der Waals surface area contributed by atoms with E-state index in [-0.39, 0.29) is 18.8 Å². The van der Waals surface area contributed by atoms with Gasteiger partial charge >= 0.3 is 0 Å². The lowest BCUT2D eigenvalue weighted by molar-refractivity contribution is -0.325. The van der Waals surface area contributed by atoms with E-state index < -0.39 is 5.79 Å². The number of hydrogen-bond acceptors (Lipinski definition) is 4. The second-order valence-electron chi connectivity index (χ2n) is 4.43. The van der Waals surface area contributed by atoms with Crippen molar-refractivity contribution in [2.75, 3.05) is 19.8 Å². The fraction of sp³-hybridized carbons (Fsp3) is 1.00. The first-order valence-electron chi connectivity index (χ1n) is 6.16. The molecular weight excluding hydrogens is 208 g/mol. The van der Waals surface area contributed by atoms with E-state index in [0.29, 0.717) is 19.1 Å². The maximum absolute atomic E-state index is 9.15. The van der Waals surface area contributed by atoms with Gasteiger partial charge in [0.15, 0.2) is 5.79 Å². The molecule has 2 heterocycles. The van der Waals surface area contributed by atoms with Gasteiger partial charge in [-0.3, -0.25) is 0 Å². The maximum Gasteiger partial charge on any atom is 0.163 e. The van der Waals surface area contributed by atoms with Crippen LogP contribution in [0.15, 0.2) is 0 Å². The normalized spacial score (nSPS) is 36.9. The van der Waals surface area contributed by atoms with Gasteiger partial charge in [0.25, 0.3) is 0 Å². The second-order valence-corrected chi connectivity index (χ2v) is 4.43. The minimum Gasteiger partial charge on any atom is -0.394 e. The molecule has 2 saturated heterocycles. The van der Waals surface area contributed by atoms with Gasteiger partial charge in [-0.25, -0.2) is 0 Å². The van der Waals surface area contributed by atoms with Crippen LogP contribution in [0.5, 0.6) is 0 Å². The van der Waals surface area contributed by atoms with E-state index in [2.05, 4.69) is 0 Å². The molecule has 3 atom stereocenters. The van der Waals surface area contributed by atoms with Crippen LogP contribution in [-0.2, 0) is 14.2 Å². The summed E-state index contributed by atoms with van der Waals surface area (Å²) in [6, 6.07) is 0. The number of rotatable bonds is 1. The van der Waals surface area contributed by atoms with Crippen LogP contribution in [0.4, 0.5) is 0 Å². The van der Waals surface area contributed by atoms with Crippen molar-refractivity contribution >= 4 is 0 Å². The highest BCUT2D eigenvalue weighted by atomic mass is 16.7. The highest BCUT2D eigenvalue weighted by molar-refractivity contribution is 4.86. The van der Waals surface area contributed by atoms with E-state index in [4.69, 9.17) is 19.3 Å². The van der Waals surface area contributed by atoms with Crippen LogP contribution in [0.1, 0.15) is 34.1 Å². The van der Waals surface area contributed by atoms with Crippen molar-refractivity contribution in [2.45, 2.75) is 52.1 Å². The first-order valence-corrected chi connectivity index (χ1v) is 6.16. The molecule has 0 radical (unpaired) electrons. The Morgan fingerprint density at radius 2 is 2.00 bits per heavy atom. The number of aliphatic hydroxyl groups excluding tert-OH is 1. The van der Waals surface area contributed by atoms with Gasteiger partial charge in [0.05, 0.1) is 19.3 Å². The monoisotopic (exact) mass is 232 g/mol. The van der Waals surface area contributed by atoms with Crippen molar-refractivity contribution in [3.8, 4) is 0 Å². The van der Waals surface area contributed by atoms with Gasteiger partial charge in [0.1, 0.15) is 6.10 Å². The Bertz CT molecular complexity index is 199. The van der Waals surface area contributed by atoms with Gasteiger partial charge in [0.2, 0.25) is 0 Å². The molecule has 0 bridgehead atoms. The average molecular weight is 232 g/mol. The van der Waals surface area contributed by atoms with Gasteiger partial charge in [-0.1, -0.05) is 13.8 Å². The molecule has 4 nitrogen and oxygen atoms in total. The molecule has 1 N–H and O–H groups in total. The molecule has 0 spiro atoms. The van der Waals surface area contributed by atoms with Crippen LogP contribution in [0.3, 0.4) is 0 Å². The summed E-state index contributed by atoms with van der Waals surface area (Å²) in [7, 11) is 0. The second kappa shape index (κ2) is 5.96. The van der Waals surface area contributed by atoms with Gasteiger partial charge in [0, 0.05) is 12.5 Å². The first-order chi connectivity index (χ1) is 7.62. The first kappa shape index (κ1) is 13.9. The lowest BCUT2D eigenvalue weighted by atomic mass is 9.91. The molecule has 96 valence electrons. The fourth-order valence-electron chi connectivity index (χ4n) is 2.11. The Morgan fingerprint density at radius 1 is 1.31 bits per heavy atom.